The first-order valence-corrected chi connectivity index (χ1v) is 14.6. The summed E-state index contributed by atoms with van der Waals surface area (Å²) in [5, 5.41) is 37.5. The van der Waals surface area contributed by atoms with Crippen LogP contribution in [0.4, 0.5) is 8.78 Å². The minimum Gasteiger partial charge on any atom is -0.479 e. The monoisotopic (exact) mass is 676 g/mol. The van der Waals surface area contributed by atoms with Gasteiger partial charge in [0.25, 0.3) is 11.8 Å². The molecule has 1 fully saturated rings. The fraction of sp³-hybridized carbons (Fsp3) is 0.407. The number of primary amides is 1. The second kappa shape index (κ2) is 13.0. The first-order chi connectivity index (χ1) is 20.6. The van der Waals surface area contributed by atoms with Crippen LogP contribution in [0.5, 0.6) is 0 Å². The summed E-state index contributed by atoms with van der Waals surface area (Å²) in [6.45, 7) is 3.23. The zero-order chi connectivity index (χ0) is 32.6. The molecule has 0 radical (unpaired) electrons. The van der Waals surface area contributed by atoms with Crippen LogP contribution in [-0.2, 0) is 32.4 Å². The van der Waals surface area contributed by atoms with E-state index >= 15 is 0 Å². The van der Waals surface area contributed by atoms with Crippen molar-refractivity contribution in [3.05, 3.63) is 67.1 Å². The molecule has 2 aliphatic heterocycles. The molecule has 0 saturated carbocycles. The van der Waals surface area contributed by atoms with Crippen molar-refractivity contribution >= 4 is 52.4 Å². The fourth-order valence-corrected chi connectivity index (χ4v) is 6.75. The highest BCUT2D eigenvalue weighted by Crippen LogP contribution is 2.52. The van der Waals surface area contributed by atoms with E-state index in [-0.39, 0.29) is 11.1 Å². The molecule has 5 rings (SSSR count). The molecule has 2 atom stereocenters. The van der Waals surface area contributed by atoms with Crippen LogP contribution < -0.4 is 5.73 Å². The minimum atomic E-state index is -3.02. The number of fused-ring (bicyclic) bond motifs is 2. The highest BCUT2D eigenvalue weighted by atomic mass is 35.5. The number of rotatable bonds is 7. The summed E-state index contributed by atoms with van der Waals surface area (Å²) in [6, 6.07) is 6.35. The first kappa shape index (κ1) is 33.7. The summed E-state index contributed by atoms with van der Waals surface area (Å²) >= 11 is 13.6. The number of benzene rings is 1. The maximum Gasteiger partial charge on any atom is 0.335 e. The number of halogens is 4. The average molecular weight is 678 g/mol. The van der Waals surface area contributed by atoms with E-state index in [4.69, 9.17) is 54.1 Å². The third-order valence-corrected chi connectivity index (χ3v) is 9.14. The molecule has 17 heteroatoms. The molecular formula is C27H28Cl2F2N4O8S. The molecule has 6 N–H and O–H groups in total. The molecule has 2 aliphatic rings. The number of hydrogen-bond donors (Lipinski definition) is 5. The van der Waals surface area contributed by atoms with Crippen molar-refractivity contribution in [3.8, 4) is 5.69 Å². The van der Waals surface area contributed by atoms with Gasteiger partial charge in [-0.1, -0.05) is 29.3 Å². The van der Waals surface area contributed by atoms with E-state index in [0.717, 1.165) is 11.3 Å². The highest BCUT2D eigenvalue weighted by Gasteiger charge is 2.51. The van der Waals surface area contributed by atoms with E-state index in [1.807, 2.05) is 13.1 Å². The summed E-state index contributed by atoms with van der Waals surface area (Å²) in [5.41, 5.74) is 7.32. The Labute approximate surface area is 263 Å². The predicted octanol–water partition coefficient (Wildman–Crippen LogP) is 3.14. The van der Waals surface area contributed by atoms with Gasteiger partial charge in [0.2, 0.25) is 0 Å². The number of carbonyl (C=O) groups excluding carboxylic acids is 1. The Kier molecular flexibility index (Phi) is 9.99. The topological polar surface area (TPSA) is 188 Å². The van der Waals surface area contributed by atoms with Gasteiger partial charge in [-0.25, -0.2) is 14.3 Å². The van der Waals surface area contributed by atoms with E-state index in [1.54, 1.807) is 22.9 Å². The van der Waals surface area contributed by atoms with Crippen molar-refractivity contribution in [2.45, 2.75) is 50.0 Å². The van der Waals surface area contributed by atoms with Crippen molar-refractivity contribution in [3.63, 3.8) is 0 Å². The number of thiophene rings is 1. The lowest BCUT2D eigenvalue weighted by Gasteiger charge is -2.45. The quantitative estimate of drug-likeness (QED) is 0.249. The molecule has 4 heterocycles. The minimum absolute atomic E-state index is 0.00400. The maximum atomic E-state index is 14.4. The smallest absolute Gasteiger partial charge is 0.335 e. The number of para-hydroxylation sites is 1. The molecule has 12 nitrogen and oxygen atoms in total. The molecule has 1 amide bonds. The molecule has 0 bridgehead atoms. The van der Waals surface area contributed by atoms with Gasteiger partial charge < -0.3 is 30.9 Å². The molecule has 1 spiro atoms. The number of carboxylic acids is 2. The standard InChI is InChI=1S/C23H22Cl2F2N4O2S.C4H6O6/c1-13-14(11-31(29-13)19-15(21(28)32)3-2-4-17(19)24)10-30-7-5-22(6-8-30)20-16(9-18(25)34-20)23(26,27)12-33-22;5-1(3(7)8)2(6)4(9)10/h2-4,9,11H,5-8,10,12H2,1H3,(H2,28,32);1-2,5-6H,(H,7,8)(H,9,10)/t;1-,2-/m.1/s1. The van der Waals surface area contributed by atoms with Gasteiger partial charge in [0, 0.05) is 41.8 Å². The average Bonchev–Trinajstić information content (AvgIpc) is 3.54. The number of piperidine rings is 1. The Morgan fingerprint density at radius 3 is 2.32 bits per heavy atom. The number of nitrogens with two attached hydrogens (primary N) is 1. The molecular weight excluding hydrogens is 649 g/mol. The van der Waals surface area contributed by atoms with Crippen LogP contribution in [0.25, 0.3) is 5.69 Å². The number of aliphatic hydroxyl groups excluding tert-OH is 2. The Morgan fingerprint density at radius 2 is 1.75 bits per heavy atom. The summed E-state index contributed by atoms with van der Waals surface area (Å²) in [6.07, 6.45) is -1.50. The number of nitrogens with zero attached hydrogens (tertiary/aromatic N) is 3. The first-order valence-electron chi connectivity index (χ1n) is 13.1. The van der Waals surface area contributed by atoms with Gasteiger partial charge in [-0.3, -0.25) is 9.69 Å². The van der Waals surface area contributed by atoms with Crippen molar-refractivity contribution < 1.29 is 48.3 Å². The zero-order valence-electron chi connectivity index (χ0n) is 23.0. The third kappa shape index (κ3) is 6.88. The van der Waals surface area contributed by atoms with Crippen molar-refractivity contribution in [2.24, 2.45) is 5.73 Å². The molecule has 3 aromatic rings. The van der Waals surface area contributed by atoms with Crippen molar-refractivity contribution in [2.75, 3.05) is 19.7 Å². The van der Waals surface area contributed by atoms with Gasteiger partial charge in [-0.05, 0) is 38.0 Å². The summed E-state index contributed by atoms with van der Waals surface area (Å²) in [7, 11) is 0. The molecule has 238 valence electrons. The lowest BCUT2D eigenvalue weighted by Crippen LogP contribution is -2.48. The largest absolute Gasteiger partial charge is 0.479 e. The predicted molar refractivity (Wildman–Crippen MR) is 154 cm³/mol. The number of carbonyl (C=O) groups is 3. The Hall–Kier alpha value is -3.18. The number of aryl methyl sites for hydroxylation is 1. The number of aliphatic carboxylic acids is 2. The van der Waals surface area contributed by atoms with Gasteiger partial charge in [0.05, 0.1) is 26.3 Å². The Bertz CT molecular complexity index is 1560. The lowest BCUT2D eigenvalue weighted by atomic mass is 9.84. The fourth-order valence-electron chi connectivity index (χ4n) is 5.01. The van der Waals surface area contributed by atoms with Gasteiger partial charge in [-0.15, -0.1) is 11.3 Å². The second-order valence-corrected chi connectivity index (χ2v) is 12.4. The van der Waals surface area contributed by atoms with E-state index in [9.17, 15) is 23.2 Å². The van der Waals surface area contributed by atoms with Gasteiger partial charge in [0.15, 0.2) is 12.2 Å². The number of amides is 1. The van der Waals surface area contributed by atoms with E-state index in [1.165, 1.54) is 17.4 Å². The van der Waals surface area contributed by atoms with Crippen LogP contribution in [0.1, 0.15) is 44.9 Å². The summed E-state index contributed by atoms with van der Waals surface area (Å²) in [5.74, 6) is -7.14. The second-order valence-electron chi connectivity index (χ2n) is 10.3. The SMILES string of the molecule is Cc1nn(-c2c(Cl)cccc2C(N)=O)cc1CN1CCC2(CC1)OCC(F)(F)c1cc(Cl)sc12.O=C(O)[C@H](O)[C@@H](O)C(=O)O. The van der Waals surface area contributed by atoms with Crippen LogP contribution in [-0.4, -0.2) is 84.9 Å². The van der Waals surface area contributed by atoms with Crippen molar-refractivity contribution in [1.29, 1.82) is 0 Å². The number of aliphatic hydroxyl groups is 2. The number of hydrogen-bond acceptors (Lipinski definition) is 9. The van der Waals surface area contributed by atoms with Crippen LogP contribution in [0, 0.1) is 6.92 Å². The number of likely N-dealkylation sites (tertiary alicyclic amines) is 1. The summed E-state index contributed by atoms with van der Waals surface area (Å²) < 4.78 is 36.5. The normalized spacial score (nSPS) is 18.5. The zero-order valence-corrected chi connectivity index (χ0v) is 25.4. The van der Waals surface area contributed by atoms with E-state index in [0.29, 0.717) is 52.4 Å². The molecule has 0 aliphatic carbocycles. The summed E-state index contributed by atoms with van der Waals surface area (Å²) in [4.78, 5) is 34.2. The number of carboxylic acid groups (broad SMARTS) is 2. The van der Waals surface area contributed by atoms with Gasteiger partial charge >= 0.3 is 11.9 Å². The molecule has 44 heavy (non-hydrogen) atoms. The van der Waals surface area contributed by atoms with Crippen LogP contribution in [0.15, 0.2) is 30.5 Å². The van der Waals surface area contributed by atoms with Crippen LogP contribution in [0.2, 0.25) is 9.36 Å². The Balaban J connectivity index is 0.000000382. The molecule has 1 saturated heterocycles. The number of aromatic nitrogens is 2. The molecule has 1 aromatic carbocycles. The lowest BCUT2D eigenvalue weighted by molar-refractivity contribution is -0.182. The maximum absolute atomic E-state index is 14.4. The highest BCUT2D eigenvalue weighted by molar-refractivity contribution is 7.16. The van der Waals surface area contributed by atoms with Gasteiger partial charge in [-0.2, -0.15) is 13.9 Å². The number of alkyl halides is 2. The molecule has 0 unspecified atom stereocenters. The molecule has 2 aromatic heterocycles. The van der Waals surface area contributed by atoms with E-state index < -0.39 is 48.2 Å². The van der Waals surface area contributed by atoms with Gasteiger partial charge in [0.1, 0.15) is 12.2 Å². The Morgan fingerprint density at radius 1 is 1.14 bits per heavy atom. The van der Waals surface area contributed by atoms with Crippen LogP contribution >= 0.6 is 34.5 Å². The van der Waals surface area contributed by atoms with E-state index in [2.05, 4.69) is 10.00 Å². The third-order valence-electron chi connectivity index (χ3n) is 7.38. The van der Waals surface area contributed by atoms with Crippen LogP contribution in [0.3, 0.4) is 0 Å². The van der Waals surface area contributed by atoms with Crippen molar-refractivity contribution in [1.82, 2.24) is 14.7 Å². The number of ether oxygens (including phenoxy) is 1.